The predicted octanol–water partition coefficient (Wildman–Crippen LogP) is 1.89. The van der Waals surface area contributed by atoms with E-state index in [1.807, 2.05) is 39.8 Å². The summed E-state index contributed by atoms with van der Waals surface area (Å²) in [6.07, 6.45) is 2.22. The van der Waals surface area contributed by atoms with Crippen LogP contribution in [-0.4, -0.2) is 37.4 Å². The maximum absolute atomic E-state index is 12.2. The zero-order valence-corrected chi connectivity index (χ0v) is 14.4. The Balaban J connectivity index is 2.00. The molecule has 0 aromatic heterocycles. The maximum Gasteiger partial charge on any atom is 0.498 e. The van der Waals surface area contributed by atoms with Crippen LogP contribution in [0.2, 0.25) is 0 Å². The van der Waals surface area contributed by atoms with E-state index in [-0.39, 0.29) is 12.0 Å². The van der Waals surface area contributed by atoms with E-state index in [4.69, 9.17) is 14.0 Å². The van der Waals surface area contributed by atoms with Crippen molar-refractivity contribution >= 4 is 18.5 Å². The van der Waals surface area contributed by atoms with Crippen LogP contribution in [0.3, 0.4) is 0 Å². The Hall–Kier alpha value is -1.53. The Morgan fingerprint density at radius 2 is 1.83 bits per heavy atom. The molecule has 6 heteroatoms. The Labute approximate surface area is 137 Å². The highest BCUT2D eigenvalue weighted by Crippen LogP contribution is 2.38. The molecule has 0 radical (unpaired) electrons. The van der Waals surface area contributed by atoms with Gasteiger partial charge >= 0.3 is 7.12 Å². The van der Waals surface area contributed by atoms with Crippen LogP contribution in [0.5, 0.6) is 5.75 Å². The van der Waals surface area contributed by atoms with Crippen molar-refractivity contribution in [2.45, 2.75) is 57.8 Å². The Morgan fingerprint density at radius 1 is 1.22 bits per heavy atom. The molecular weight excluding hydrogens is 293 g/mol. The van der Waals surface area contributed by atoms with Crippen molar-refractivity contribution in [2.24, 2.45) is 0 Å². The zero-order valence-electron chi connectivity index (χ0n) is 14.4. The van der Waals surface area contributed by atoms with Gasteiger partial charge in [-0.1, -0.05) is 12.1 Å². The minimum atomic E-state index is -0.543. The monoisotopic (exact) mass is 317 g/mol. The van der Waals surface area contributed by atoms with Gasteiger partial charge in [0.05, 0.1) is 22.9 Å². The van der Waals surface area contributed by atoms with E-state index < -0.39 is 18.3 Å². The van der Waals surface area contributed by atoms with Gasteiger partial charge in [-0.3, -0.25) is 4.79 Å². The van der Waals surface area contributed by atoms with Crippen molar-refractivity contribution in [3.63, 3.8) is 0 Å². The molecule has 2 aliphatic rings. The van der Waals surface area contributed by atoms with E-state index >= 15 is 0 Å². The number of carbonyl (C=O) groups is 1. The third-order valence-electron chi connectivity index (χ3n) is 4.83. The van der Waals surface area contributed by atoms with E-state index in [1.165, 1.54) is 0 Å². The molecule has 3 rings (SSSR count). The number of hydrogen-bond acceptors (Lipinski definition) is 4. The number of para-hydroxylation sites is 1. The lowest BCUT2D eigenvalue weighted by atomic mass is 9.77. The molecule has 1 amide bonds. The van der Waals surface area contributed by atoms with Crippen LogP contribution in [0, 0.1) is 0 Å². The normalized spacial score (nSPS) is 22.0. The second-order valence-electron chi connectivity index (χ2n) is 7.21. The van der Waals surface area contributed by atoms with Gasteiger partial charge in [-0.25, -0.2) is 0 Å². The molecule has 0 unspecified atom stereocenters. The van der Waals surface area contributed by atoms with Crippen LogP contribution in [0.4, 0.5) is 0 Å². The molecule has 1 aromatic carbocycles. The van der Waals surface area contributed by atoms with Crippen molar-refractivity contribution in [1.82, 2.24) is 5.32 Å². The molecule has 1 aliphatic heterocycles. The first-order chi connectivity index (χ1) is 10.7. The van der Waals surface area contributed by atoms with Gasteiger partial charge in [0.1, 0.15) is 5.75 Å². The molecule has 124 valence electrons. The van der Waals surface area contributed by atoms with E-state index in [0.29, 0.717) is 11.3 Å². The van der Waals surface area contributed by atoms with Crippen molar-refractivity contribution in [2.75, 3.05) is 7.05 Å². The number of hydrogen-bond donors (Lipinski definition) is 1. The van der Waals surface area contributed by atoms with Crippen molar-refractivity contribution in [1.29, 1.82) is 0 Å². The number of ether oxygens (including phenoxy) is 1. The molecule has 0 bridgehead atoms. The maximum atomic E-state index is 12.2. The van der Waals surface area contributed by atoms with Gasteiger partial charge < -0.3 is 19.4 Å². The van der Waals surface area contributed by atoms with Gasteiger partial charge in [-0.15, -0.1) is 0 Å². The second kappa shape index (κ2) is 5.53. The van der Waals surface area contributed by atoms with E-state index in [9.17, 15) is 4.79 Å². The molecule has 0 spiro atoms. The lowest BCUT2D eigenvalue weighted by molar-refractivity contribution is 0.00578. The third kappa shape index (κ3) is 2.97. The minimum absolute atomic E-state index is 0.168. The zero-order chi connectivity index (χ0) is 16.8. The number of amides is 1. The summed E-state index contributed by atoms with van der Waals surface area (Å²) in [5.74, 6) is 0.409. The summed E-state index contributed by atoms with van der Waals surface area (Å²) in [6.45, 7) is 8.04. The molecule has 1 saturated carbocycles. The lowest BCUT2D eigenvalue weighted by Gasteiger charge is -2.32. The van der Waals surface area contributed by atoms with Crippen LogP contribution in [-0.2, 0) is 9.31 Å². The molecular formula is C17H24BNO4. The molecule has 0 atom stereocenters. The molecule has 1 saturated heterocycles. The summed E-state index contributed by atoms with van der Waals surface area (Å²) in [4.78, 5) is 12.2. The van der Waals surface area contributed by atoms with Crippen LogP contribution in [0.15, 0.2) is 18.2 Å². The van der Waals surface area contributed by atoms with E-state index in [0.717, 1.165) is 18.3 Å². The highest BCUT2D eigenvalue weighted by molar-refractivity contribution is 6.63. The highest BCUT2D eigenvalue weighted by atomic mass is 16.7. The van der Waals surface area contributed by atoms with Crippen molar-refractivity contribution in [3.8, 4) is 5.75 Å². The number of rotatable bonds is 4. The number of carbonyl (C=O) groups excluding carboxylic acids is 1. The van der Waals surface area contributed by atoms with Crippen molar-refractivity contribution in [3.05, 3.63) is 23.8 Å². The largest absolute Gasteiger partial charge is 0.498 e. The first-order valence-electron chi connectivity index (χ1n) is 8.12. The second-order valence-corrected chi connectivity index (χ2v) is 7.21. The van der Waals surface area contributed by atoms with Gasteiger partial charge in [0.25, 0.3) is 5.91 Å². The SMILES string of the molecule is CNC(=O)c1cccc(B2OC(C)(C)C(C)(C)O2)c1OC1CC1. The summed E-state index contributed by atoms with van der Waals surface area (Å²) < 4.78 is 18.3. The van der Waals surface area contributed by atoms with Gasteiger partial charge in [0, 0.05) is 12.5 Å². The minimum Gasteiger partial charge on any atom is -0.490 e. The predicted molar refractivity (Wildman–Crippen MR) is 89.2 cm³/mol. The van der Waals surface area contributed by atoms with Crippen LogP contribution < -0.4 is 15.5 Å². The van der Waals surface area contributed by atoms with Crippen molar-refractivity contribution < 1.29 is 18.8 Å². The van der Waals surface area contributed by atoms with Crippen LogP contribution in [0.25, 0.3) is 0 Å². The average molecular weight is 317 g/mol. The van der Waals surface area contributed by atoms with Gasteiger partial charge in [-0.2, -0.15) is 0 Å². The topological polar surface area (TPSA) is 56.8 Å². The first kappa shape index (κ1) is 16.3. The molecule has 5 nitrogen and oxygen atoms in total. The fourth-order valence-electron chi connectivity index (χ4n) is 2.51. The summed E-state index contributed by atoms with van der Waals surface area (Å²) in [6, 6.07) is 5.52. The summed E-state index contributed by atoms with van der Waals surface area (Å²) >= 11 is 0. The Bertz CT molecular complexity index is 609. The molecule has 1 heterocycles. The van der Waals surface area contributed by atoms with Gasteiger partial charge in [-0.05, 0) is 46.6 Å². The first-order valence-corrected chi connectivity index (χ1v) is 8.12. The van der Waals surface area contributed by atoms with E-state index in [2.05, 4.69) is 5.32 Å². The summed E-state index contributed by atoms with van der Waals surface area (Å²) in [5, 5.41) is 2.67. The highest BCUT2D eigenvalue weighted by Gasteiger charge is 2.52. The number of benzene rings is 1. The Morgan fingerprint density at radius 3 is 2.35 bits per heavy atom. The fraction of sp³-hybridized carbons (Fsp3) is 0.588. The van der Waals surface area contributed by atoms with Crippen LogP contribution >= 0.6 is 0 Å². The third-order valence-corrected chi connectivity index (χ3v) is 4.83. The molecule has 1 N–H and O–H groups in total. The number of nitrogens with one attached hydrogen (secondary N) is 1. The molecule has 2 fully saturated rings. The molecule has 1 aromatic rings. The van der Waals surface area contributed by atoms with Crippen LogP contribution in [0.1, 0.15) is 50.9 Å². The van der Waals surface area contributed by atoms with Gasteiger partial charge in [0.2, 0.25) is 0 Å². The van der Waals surface area contributed by atoms with E-state index in [1.54, 1.807) is 13.1 Å². The molecule has 1 aliphatic carbocycles. The lowest BCUT2D eigenvalue weighted by Crippen LogP contribution is -2.41. The average Bonchev–Trinajstić information content (AvgIpc) is 3.25. The Kier molecular flexibility index (Phi) is 3.93. The fourth-order valence-corrected chi connectivity index (χ4v) is 2.51. The van der Waals surface area contributed by atoms with Gasteiger partial charge in [0.15, 0.2) is 0 Å². The summed E-state index contributed by atoms with van der Waals surface area (Å²) in [7, 11) is 1.07. The molecule has 23 heavy (non-hydrogen) atoms. The summed E-state index contributed by atoms with van der Waals surface area (Å²) in [5.41, 5.74) is 0.429. The standard InChI is InChI=1S/C17H24BNO4/c1-16(2)17(3,4)23-18(22-16)13-8-6-7-12(15(20)19-5)14(13)21-11-9-10-11/h6-8,11H,9-10H2,1-5H3,(H,19,20). The quantitative estimate of drug-likeness (QED) is 0.862. The smallest absolute Gasteiger partial charge is 0.490 e.